The Bertz CT molecular complexity index is 464. The van der Waals surface area contributed by atoms with E-state index in [2.05, 4.69) is 5.32 Å². The summed E-state index contributed by atoms with van der Waals surface area (Å²) in [5.74, 6) is -2.42. The second-order valence-electron chi connectivity index (χ2n) is 2.79. The minimum atomic E-state index is -1.14. The van der Waals surface area contributed by atoms with Crippen LogP contribution in [-0.2, 0) is 0 Å². The van der Waals surface area contributed by atoms with E-state index in [1.54, 1.807) is 0 Å². The maximum Gasteiger partial charge on any atom is 0.335 e. The second-order valence-corrected chi connectivity index (χ2v) is 2.79. The maximum atomic E-state index is 11.1. The van der Waals surface area contributed by atoms with Gasteiger partial charge in [-0.05, 0) is 18.2 Å². The molecule has 0 aromatic heterocycles. The number of amides is 2. The molecule has 69 valence electrons. The van der Waals surface area contributed by atoms with Crippen LogP contribution in [0.25, 0.3) is 0 Å². The van der Waals surface area contributed by atoms with Crippen LogP contribution in [0.15, 0.2) is 18.2 Å². The Morgan fingerprint density at radius 1 is 1.14 bits per heavy atom. The van der Waals surface area contributed by atoms with Gasteiger partial charge in [0.1, 0.15) is 0 Å². The first-order valence-corrected chi connectivity index (χ1v) is 3.77. The van der Waals surface area contributed by atoms with Crippen molar-refractivity contribution >= 4 is 17.8 Å². The molecule has 0 bridgehead atoms. The lowest BCUT2D eigenvalue weighted by Crippen LogP contribution is -2.10. The summed E-state index contributed by atoms with van der Waals surface area (Å²) in [6.07, 6.45) is 0. The van der Waals surface area contributed by atoms with Gasteiger partial charge in [-0.25, -0.2) is 4.79 Å². The number of rotatable bonds is 1. The molecule has 0 saturated heterocycles. The van der Waals surface area contributed by atoms with Crippen LogP contribution in [0.2, 0.25) is 0 Å². The molecule has 1 aromatic rings. The lowest BCUT2D eigenvalue weighted by molar-refractivity contribution is 0.0696. The molecule has 2 amide bonds. The van der Waals surface area contributed by atoms with Crippen molar-refractivity contribution in [1.82, 2.24) is 5.32 Å². The van der Waals surface area contributed by atoms with Crippen LogP contribution >= 0.6 is 0 Å². The van der Waals surface area contributed by atoms with Crippen LogP contribution in [0.5, 0.6) is 0 Å². The van der Waals surface area contributed by atoms with E-state index in [-0.39, 0.29) is 16.7 Å². The largest absolute Gasteiger partial charge is 0.478 e. The van der Waals surface area contributed by atoms with Crippen molar-refractivity contribution in [3.63, 3.8) is 0 Å². The summed E-state index contributed by atoms with van der Waals surface area (Å²) in [7, 11) is 0. The Labute approximate surface area is 78.3 Å². The molecule has 2 rings (SSSR count). The first kappa shape index (κ1) is 8.43. The first-order chi connectivity index (χ1) is 6.59. The Morgan fingerprint density at radius 2 is 1.79 bits per heavy atom. The third kappa shape index (κ3) is 1.06. The summed E-state index contributed by atoms with van der Waals surface area (Å²) in [4.78, 5) is 32.7. The van der Waals surface area contributed by atoms with E-state index in [9.17, 15) is 14.4 Å². The number of carboxylic acids is 1. The number of hydrogen-bond donors (Lipinski definition) is 1. The van der Waals surface area contributed by atoms with Gasteiger partial charge in [0.15, 0.2) is 0 Å². The molecule has 0 atom stereocenters. The highest BCUT2D eigenvalue weighted by molar-refractivity contribution is 6.21. The highest BCUT2D eigenvalue weighted by atomic mass is 16.4. The zero-order chi connectivity index (χ0) is 10.3. The number of nitrogens with zero attached hydrogens (tertiary/aromatic N) is 1. The topological polar surface area (TPSA) is 85.5 Å². The van der Waals surface area contributed by atoms with Crippen LogP contribution in [0.3, 0.4) is 0 Å². The fourth-order valence-electron chi connectivity index (χ4n) is 1.25. The summed E-state index contributed by atoms with van der Waals surface area (Å²) in [5, 5.41) is 11.8. The molecule has 0 unspecified atom stereocenters. The van der Waals surface area contributed by atoms with Gasteiger partial charge >= 0.3 is 5.97 Å². The molecule has 14 heavy (non-hydrogen) atoms. The molecule has 1 aliphatic heterocycles. The average Bonchev–Trinajstić information content (AvgIpc) is 2.42. The second kappa shape index (κ2) is 2.66. The van der Waals surface area contributed by atoms with Crippen LogP contribution in [0.1, 0.15) is 31.1 Å². The Balaban J connectivity index is 2.61. The smallest absolute Gasteiger partial charge is 0.335 e. The molecule has 1 aliphatic rings. The molecule has 0 saturated carbocycles. The Kier molecular flexibility index (Phi) is 1.60. The van der Waals surface area contributed by atoms with E-state index in [1.807, 2.05) is 0 Å². The maximum absolute atomic E-state index is 11.1. The SMILES string of the molecule is O=C(O)c1ccc2c(c1)C(=O)[N]C2=O. The number of hydrogen-bond acceptors (Lipinski definition) is 3. The summed E-state index contributed by atoms with van der Waals surface area (Å²) >= 11 is 0. The number of imide groups is 1. The predicted molar refractivity (Wildman–Crippen MR) is 44.2 cm³/mol. The van der Waals surface area contributed by atoms with Gasteiger partial charge in [-0.15, -0.1) is 0 Å². The zero-order valence-electron chi connectivity index (χ0n) is 6.85. The van der Waals surface area contributed by atoms with Gasteiger partial charge in [0.05, 0.1) is 16.7 Å². The van der Waals surface area contributed by atoms with Crippen LogP contribution in [-0.4, -0.2) is 22.9 Å². The normalized spacial score (nSPS) is 13.7. The molecular formula is C9H4NO4. The molecule has 5 nitrogen and oxygen atoms in total. The Morgan fingerprint density at radius 3 is 2.43 bits per heavy atom. The van der Waals surface area contributed by atoms with Crippen LogP contribution in [0.4, 0.5) is 0 Å². The van der Waals surface area contributed by atoms with Gasteiger partial charge in [0.25, 0.3) is 11.8 Å². The van der Waals surface area contributed by atoms with E-state index < -0.39 is 17.8 Å². The van der Waals surface area contributed by atoms with Crippen molar-refractivity contribution in [1.29, 1.82) is 0 Å². The summed E-state index contributed by atoms with van der Waals surface area (Å²) in [6.45, 7) is 0. The fourth-order valence-corrected chi connectivity index (χ4v) is 1.25. The van der Waals surface area contributed by atoms with Gasteiger partial charge in [-0.1, -0.05) is 0 Å². The van der Waals surface area contributed by atoms with Crippen molar-refractivity contribution in [2.24, 2.45) is 0 Å². The quantitative estimate of drug-likeness (QED) is 0.644. The van der Waals surface area contributed by atoms with Crippen molar-refractivity contribution < 1.29 is 19.5 Å². The molecule has 5 heteroatoms. The fraction of sp³-hybridized carbons (Fsp3) is 0. The highest BCUT2D eigenvalue weighted by Gasteiger charge is 2.29. The molecule has 1 aromatic carbocycles. The standard InChI is InChI=1S/C9H4NO4/c11-7-5-2-1-4(9(13)14)3-6(5)8(12)10-7/h1-3H,(H,13,14). The monoisotopic (exact) mass is 190 g/mol. The molecule has 1 heterocycles. The molecule has 0 aliphatic carbocycles. The highest BCUT2D eigenvalue weighted by Crippen LogP contribution is 2.18. The molecular weight excluding hydrogens is 186 g/mol. The van der Waals surface area contributed by atoms with E-state index in [1.165, 1.54) is 12.1 Å². The van der Waals surface area contributed by atoms with Crippen molar-refractivity contribution in [3.8, 4) is 0 Å². The summed E-state index contributed by atoms with van der Waals surface area (Å²) in [6, 6.07) is 3.73. The predicted octanol–water partition coefficient (Wildman–Crippen LogP) is 0.283. The van der Waals surface area contributed by atoms with Gasteiger partial charge in [0, 0.05) is 0 Å². The lowest BCUT2D eigenvalue weighted by atomic mass is 10.1. The van der Waals surface area contributed by atoms with E-state index in [0.717, 1.165) is 6.07 Å². The zero-order valence-corrected chi connectivity index (χ0v) is 6.85. The number of benzene rings is 1. The van der Waals surface area contributed by atoms with Crippen molar-refractivity contribution in [2.75, 3.05) is 0 Å². The summed E-state index contributed by atoms with van der Waals surface area (Å²) in [5.41, 5.74) is 0.205. The molecule has 1 radical (unpaired) electrons. The third-order valence-electron chi connectivity index (χ3n) is 1.93. The summed E-state index contributed by atoms with van der Waals surface area (Å²) < 4.78 is 0. The van der Waals surface area contributed by atoms with E-state index in [4.69, 9.17) is 5.11 Å². The minimum Gasteiger partial charge on any atom is -0.478 e. The minimum absolute atomic E-state index is 0.0259. The number of carbonyl (C=O) groups excluding carboxylic acids is 2. The number of fused-ring (bicyclic) bond motifs is 1. The lowest BCUT2D eigenvalue weighted by Gasteiger charge is -1.95. The van der Waals surface area contributed by atoms with Crippen LogP contribution in [0, 0.1) is 0 Å². The van der Waals surface area contributed by atoms with E-state index in [0.29, 0.717) is 0 Å². The van der Waals surface area contributed by atoms with Gasteiger partial charge in [-0.2, -0.15) is 5.32 Å². The molecule has 1 N–H and O–H groups in total. The van der Waals surface area contributed by atoms with Gasteiger partial charge in [0.2, 0.25) is 0 Å². The van der Waals surface area contributed by atoms with E-state index >= 15 is 0 Å². The van der Waals surface area contributed by atoms with Gasteiger partial charge < -0.3 is 5.11 Å². The first-order valence-electron chi connectivity index (χ1n) is 3.77. The Hall–Kier alpha value is -2.17. The number of carboxylic acid groups (broad SMARTS) is 1. The third-order valence-corrected chi connectivity index (χ3v) is 1.93. The van der Waals surface area contributed by atoms with Crippen molar-refractivity contribution in [2.45, 2.75) is 0 Å². The number of aromatic carboxylic acids is 1. The van der Waals surface area contributed by atoms with Gasteiger partial charge in [-0.3, -0.25) is 9.59 Å². The number of carbonyl (C=O) groups is 3. The molecule has 0 fully saturated rings. The van der Waals surface area contributed by atoms with Crippen LogP contribution < -0.4 is 5.32 Å². The van der Waals surface area contributed by atoms with Crippen molar-refractivity contribution in [3.05, 3.63) is 34.9 Å². The molecule has 0 spiro atoms. The average molecular weight is 190 g/mol.